The molecule has 3 aromatic rings. The third-order valence-electron chi connectivity index (χ3n) is 4.27. The smallest absolute Gasteiger partial charge is 0.220 e. The summed E-state index contributed by atoms with van der Waals surface area (Å²) in [6.07, 6.45) is 0.966. The molecule has 0 aliphatic carbocycles. The number of fused-ring (bicyclic) bond motifs is 1. The number of methoxy groups -OCH3 is 1. The number of rotatable bonds is 7. The normalized spacial score (nSPS) is 11.2. The Kier molecular flexibility index (Phi) is 5.14. The summed E-state index contributed by atoms with van der Waals surface area (Å²) < 4.78 is 5.01. The van der Waals surface area contributed by atoms with E-state index in [1.165, 1.54) is 11.1 Å². The number of hydrogen-bond acceptors (Lipinski definition) is 4. The molecule has 0 spiro atoms. The maximum absolute atomic E-state index is 12.0. The quantitative estimate of drug-likeness (QED) is 0.614. The van der Waals surface area contributed by atoms with Gasteiger partial charge in [-0.3, -0.25) is 9.89 Å². The molecule has 7 heteroatoms. The predicted molar refractivity (Wildman–Crippen MR) is 95.0 cm³/mol. The molecule has 0 atom stereocenters. The van der Waals surface area contributed by atoms with Crippen molar-refractivity contribution in [1.82, 2.24) is 25.5 Å². The van der Waals surface area contributed by atoms with Crippen molar-refractivity contribution in [2.24, 2.45) is 0 Å². The number of aromatic amines is 2. The molecule has 7 nitrogen and oxygen atoms in total. The van der Waals surface area contributed by atoms with Crippen molar-refractivity contribution in [3.05, 3.63) is 46.5 Å². The molecule has 0 saturated heterocycles. The van der Waals surface area contributed by atoms with Gasteiger partial charge in [-0.15, -0.1) is 0 Å². The van der Waals surface area contributed by atoms with E-state index in [0.29, 0.717) is 26.0 Å². The van der Waals surface area contributed by atoms with E-state index in [4.69, 9.17) is 4.74 Å². The van der Waals surface area contributed by atoms with Crippen LogP contribution in [0.5, 0.6) is 0 Å². The number of hydrogen-bond donors (Lipinski definition) is 3. The average molecular weight is 341 g/mol. The Morgan fingerprint density at radius 1 is 1.32 bits per heavy atom. The van der Waals surface area contributed by atoms with E-state index in [1.807, 2.05) is 12.1 Å². The lowest BCUT2D eigenvalue weighted by molar-refractivity contribution is -0.121. The number of carbonyl (C=O) groups excluding carboxylic acids is 1. The monoisotopic (exact) mass is 341 g/mol. The SMILES string of the molecule is COCc1cc(CNC(=O)CCc2nc3c(C)c(C)ccc3[nH]2)[nH]n1. The van der Waals surface area contributed by atoms with E-state index in [2.05, 4.69) is 45.4 Å². The Bertz CT molecular complexity index is 881. The summed E-state index contributed by atoms with van der Waals surface area (Å²) >= 11 is 0. The van der Waals surface area contributed by atoms with Crippen LogP contribution in [0.2, 0.25) is 0 Å². The van der Waals surface area contributed by atoms with E-state index in [1.54, 1.807) is 7.11 Å². The Morgan fingerprint density at radius 2 is 2.16 bits per heavy atom. The maximum Gasteiger partial charge on any atom is 0.220 e. The van der Waals surface area contributed by atoms with E-state index in [-0.39, 0.29) is 5.91 Å². The first-order chi connectivity index (χ1) is 12.1. The summed E-state index contributed by atoms with van der Waals surface area (Å²) in [7, 11) is 1.62. The predicted octanol–water partition coefficient (Wildman–Crippen LogP) is 2.30. The number of aromatic nitrogens is 4. The first-order valence-corrected chi connectivity index (χ1v) is 8.30. The zero-order valence-corrected chi connectivity index (χ0v) is 14.8. The average Bonchev–Trinajstić information content (AvgIpc) is 3.22. The summed E-state index contributed by atoms with van der Waals surface area (Å²) in [4.78, 5) is 20.0. The van der Waals surface area contributed by atoms with Crippen LogP contribution in [0.1, 0.15) is 34.8 Å². The van der Waals surface area contributed by atoms with E-state index < -0.39 is 0 Å². The van der Waals surface area contributed by atoms with Crippen molar-refractivity contribution in [3.63, 3.8) is 0 Å². The second kappa shape index (κ2) is 7.48. The molecular weight excluding hydrogens is 318 g/mol. The van der Waals surface area contributed by atoms with Crippen molar-refractivity contribution in [2.75, 3.05) is 7.11 Å². The van der Waals surface area contributed by atoms with Gasteiger partial charge in [-0.25, -0.2) is 4.98 Å². The van der Waals surface area contributed by atoms with Crippen molar-refractivity contribution in [3.8, 4) is 0 Å². The van der Waals surface area contributed by atoms with Gasteiger partial charge >= 0.3 is 0 Å². The van der Waals surface area contributed by atoms with Gasteiger partial charge in [0.05, 0.1) is 35.6 Å². The molecule has 2 aromatic heterocycles. The van der Waals surface area contributed by atoms with E-state index in [9.17, 15) is 4.79 Å². The lowest BCUT2D eigenvalue weighted by Crippen LogP contribution is -2.23. The van der Waals surface area contributed by atoms with Crippen LogP contribution in [0.15, 0.2) is 18.2 Å². The lowest BCUT2D eigenvalue weighted by atomic mass is 10.1. The highest BCUT2D eigenvalue weighted by molar-refractivity contribution is 5.80. The minimum atomic E-state index is -0.0174. The topological polar surface area (TPSA) is 95.7 Å². The molecule has 0 saturated carbocycles. The Balaban J connectivity index is 1.52. The molecule has 0 aliphatic rings. The van der Waals surface area contributed by atoms with E-state index >= 15 is 0 Å². The van der Waals surface area contributed by atoms with Gasteiger partial charge in [0.1, 0.15) is 5.82 Å². The third kappa shape index (κ3) is 4.06. The molecule has 2 heterocycles. The molecule has 0 bridgehead atoms. The van der Waals surface area contributed by atoms with Crippen LogP contribution in [0.3, 0.4) is 0 Å². The standard InChI is InChI=1S/C18H23N5O2/c1-11-4-5-15-18(12(11)2)21-16(20-15)6-7-17(24)19-9-13-8-14(10-25-3)23-22-13/h4-5,8H,6-7,9-10H2,1-3H3,(H,19,24)(H,20,21)(H,22,23). The number of nitrogens with zero attached hydrogens (tertiary/aromatic N) is 2. The van der Waals surface area contributed by atoms with E-state index in [0.717, 1.165) is 28.2 Å². The summed E-state index contributed by atoms with van der Waals surface area (Å²) in [5.41, 5.74) is 6.07. The zero-order valence-electron chi connectivity index (χ0n) is 14.8. The van der Waals surface area contributed by atoms with Crippen LogP contribution in [-0.4, -0.2) is 33.2 Å². The molecule has 0 unspecified atom stereocenters. The van der Waals surface area contributed by atoms with Gasteiger partial charge in [-0.05, 0) is 37.1 Å². The number of amides is 1. The molecule has 0 fully saturated rings. The maximum atomic E-state index is 12.0. The first-order valence-electron chi connectivity index (χ1n) is 8.30. The summed E-state index contributed by atoms with van der Waals surface area (Å²) in [5, 5.41) is 9.87. The Morgan fingerprint density at radius 3 is 2.96 bits per heavy atom. The number of nitrogens with one attached hydrogen (secondary N) is 3. The second-order valence-electron chi connectivity index (χ2n) is 6.18. The molecule has 0 aliphatic heterocycles. The number of ether oxygens (including phenoxy) is 1. The summed E-state index contributed by atoms with van der Waals surface area (Å²) in [6, 6.07) is 5.99. The summed E-state index contributed by atoms with van der Waals surface area (Å²) in [6.45, 7) is 5.02. The molecule has 0 radical (unpaired) electrons. The van der Waals surface area contributed by atoms with Gasteiger partial charge in [-0.2, -0.15) is 5.10 Å². The van der Waals surface area contributed by atoms with Crippen LogP contribution >= 0.6 is 0 Å². The highest BCUT2D eigenvalue weighted by Gasteiger charge is 2.09. The molecular formula is C18H23N5O2. The highest BCUT2D eigenvalue weighted by Crippen LogP contribution is 2.19. The van der Waals surface area contributed by atoms with Crippen LogP contribution in [0.25, 0.3) is 11.0 Å². The number of benzene rings is 1. The minimum Gasteiger partial charge on any atom is -0.378 e. The molecule has 25 heavy (non-hydrogen) atoms. The van der Waals surface area contributed by atoms with Crippen molar-refractivity contribution in [2.45, 2.75) is 39.8 Å². The molecule has 3 rings (SSSR count). The molecule has 1 aromatic carbocycles. The zero-order chi connectivity index (χ0) is 17.8. The highest BCUT2D eigenvalue weighted by atomic mass is 16.5. The van der Waals surface area contributed by atoms with Crippen molar-refractivity contribution in [1.29, 1.82) is 0 Å². The fourth-order valence-electron chi connectivity index (χ4n) is 2.72. The van der Waals surface area contributed by atoms with Crippen LogP contribution in [-0.2, 0) is 29.1 Å². The van der Waals surface area contributed by atoms with Gasteiger partial charge in [-0.1, -0.05) is 6.07 Å². The Hall–Kier alpha value is -2.67. The molecule has 3 N–H and O–H groups in total. The molecule has 132 valence electrons. The fraction of sp³-hybridized carbons (Fsp3) is 0.389. The van der Waals surface area contributed by atoms with Gasteiger partial charge in [0.25, 0.3) is 0 Å². The fourth-order valence-corrected chi connectivity index (χ4v) is 2.72. The first kappa shape index (κ1) is 17.2. The number of H-pyrrole nitrogens is 2. The molecule has 1 amide bonds. The number of carbonyl (C=O) groups is 1. The minimum absolute atomic E-state index is 0.0174. The largest absolute Gasteiger partial charge is 0.378 e. The van der Waals surface area contributed by atoms with Gasteiger partial charge in [0.2, 0.25) is 5.91 Å². The van der Waals surface area contributed by atoms with Crippen LogP contribution in [0, 0.1) is 13.8 Å². The van der Waals surface area contributed by atoms with Crippen molar-refractivity contribution < 1.29 is 9.53 Å². The number of aryl methyl sites for hydroxylation is 3. The second-order valence-corrected chi connectivity index (χ2v) is 6.18. The lowest BCUT2D eigenvalue weighted by Gasteiger charge is -2.02. The van der Waals surface area contributed by atoms with Crippen molar-refractivity contribution >= 4 is 16.9 Å². The third-order valence-corrected chi connectivity index (χ3v) is 4.27. The number of imidazole rings is 1. The Labute approximate surface area is 146 Å². The van der Waals surface area contributed by atoms with Crippen LogP contribution in [0.4, 0.5) is 0 Å². The van der Waals surface area contributed by atoms with Gasteiger partial charge in [0.15, 0.2) is 0 Å². The van der Waals surface area contributed by atoms with Gasteiger partial charge in [0, 0.05) is 20.0 Å². The summed E-state index contributed by atoms with van der Waals surface area (Å²) in [5.74, 6) is 0.819. The van der Waals surface area contributed by atoms with Crippen LogP contribution < -0.4 is 5.32 Å². The van der Waals surface area contributed by atoms with Gasteiger partial charge < -0.3 is 15.0 Å².